The third-order valence-corrected chi connectivity index (χ3v) is 3.76. The number of hydrogen-bond donors (Lipinski definition) is 3. The van der Waals surface area contributed by atoms with Crippen molar-refractivity contribution in [3.05, 3.63) is 5.53 Å². The maximum Gasteiger partial charge on any atom is 0.441 e. The fraction of sp³-hybridized carbons (Fsp3) is 0.538. The number of carbonyl (C=O) groups is 5. The van der Waals surface area contributed by atoms with Crippen molar-refractivity contribution in [3.8, 4) is 0 Å². The van der Waals surface area contributed by atoms with Crippen LogP contribution in [-0.2, 0) is 28.7 Å². The van der Waals surface area contributed by atoms with Crippen LogP contribution in [0, 0.1) is 11.8 Å². The Labute approximate surface area is 136 Å². The quantitative estimate of drug-likeness (QED) is 0.0929. The average molecular weight is 340 g/mol. The molecule has 11 heteroatoms. The number of amides is 2. The molecule has 1 aliphatic rings. The van der Waals surface area contributed by atoms with E-state index >= 15 is 0 Å². The number of aliphatic carboxylic acids is 1. The maximum absolute atomic E-state index is 12.0. The van der Waals surface area contributed by atoms with Crippen molar-refractivity contribution in [1.29, 1.82) is 0 Å². The summed E-state index contributed by atoms with van der Waals surface area (Å²) in [4.78, 5) is 59.6. The molecule has 24 heavy (non-hydrogen) atoms. The number of rotatable bonds is 6. The molecule has 0 aromatic carbocycles. The minimum absolute atomic E-state index is 0.477. The molecule has 2 unspecified atom stereocenters. The normalized spacial score (nSPS) is 21.2. The molecule has 1 rings (SSSR count). The zero-order valence-corrected chi connectivity index (χ0v) is 13.1. The van der Waals surface area contributed by atoms with E-state index in [2.05, 4.69) is 20.2 Å². The van der Waals surface area contributed by atoms with Crippen LogP contribution in [0.3, 0.4) is 0 Å². The summed E-state index contributed by atoms with van der Waals surface area (Å²) < 4.78 is 4.24. The van der Waals surface area contributed by atoms with Gasteiger partial charge in [0.25, 0.3) is 5.78 Å². The van der Waals surface area contributed by atoms with Crippen molar-refractivity contribution >= 4 is 35.2 Å². The zero-order valence-electron chi connectivity index (χ0n) is 13.1. The smallest absolute Gasteiger partial charge is 0.441 e. The van der Waals surface area contributed by atoms with E-state index in [9.17, 15) is 24.0 Å². The van der Waals surface area contributed by atoms with Crippen molar-refractivity contribution in [2.45, 2.75) is 25.9 Å². The molecule has 0 aromatic heterocycles. The van der Waals surface area contributed by atoms with Gasteiger partial charge in [-0.1, -0.05) is 6.92 Å². The Hall–Kier alpha value is -3.07. The topological polar surface area (TPSA) is 175 Å². The number of esters is 1. The molecule has 1 saturated heterocycles. The van der Waals surface area contributed by atoms with Gasteiger partial charge in [0.1, 0.15) is 0 Å². The van der Waals surface area contributed by atoms with Crippen LogP contribution in [0.4, 0.5) is 0 Å². The molecule has 0 saturated carbocycles. The molecular formula is C13H16N4O7. The van der Waals surface area contributed by atoms with Gasteiger partial charge in [0, 0.05) is 12.0 Å². The van der Waals surface area contributed by atoms with Crippen LogP contribution in [-0.4, -0.2) is 64.3 Å². The van der Waals surface area contributed by atoms with Crippen LogP contribution in [0.2, 0.25) is 0 Å². The number of methoxy groups -OCH3 is 1. The molecule has 0 aliphatic carbocycles. The SMILES string of the molecule is COC(=O)C(=O)NC(C)[C@H]1C(=O)N[C@@H]1C(C)C(=O)C(=[N+]=[N-])C(=O)O. The Kier molecular flexibility index (Phi) is 5.90. The molecule has 1 heterocycles. The van der Waals surface area contributed by atoms with E-state index in [1.807, 2.05) is 0 Å². The summed E-state index contributed by atoms with van der Waals surface area (Å²) in [6.45, 7) is 2.80. The molecule has 0 bridgehead atoms. The predicted octanol–water partition coefficient (Wildman–Crippen LogP) is -2.26. The van der Waals surface area contributed by atoms with Crippen LogP contribution in [0.1, 0.15) is 13.8 Å². The number of nitrogens with one attached hydrogen (secondary N) is 2. The molecule has 4 atom stereocenters. The second-order valence-electron chi connectivity index (χ2n) is 5.22. The molecule has 2 amide bonds. The number of ketones is 1. The number of β-lactam (4-membered cyclic amide) rings is 1. The zero-order chi connectivity index (χ0) is 18.6. The maximum atomic E-state index is 12.0. The monoisotopic (exact) mass is 340 g/mol. The predicted molar refractivity (Wildman–Crippen MR) is 75.5 cm³/mol. The highest BCUT2D eigenvalue weighted by molar-refractivity contribution is 6.62. The molecular weight excluding hydrogens is 324 g/mol. The molecule has 0 spiro atoms. The summed E-state index contributed by atoms with van der Waals surface area (Å²) in [6, 6.07) is -1.61. The number of carboxylic acids is 1. The summed E-state index contributed by atoms with van der Waals surface area (Å²) in [5.41, 5.74) is 7.55. The molecule has 130 valence electrons. The van der Waals surface area contributed by atoms with Gasteiger partial charge in [0.15, 0.2) is 0 Å². The third kappa shape index (κ3) is 3.63. The lowest BCUT2D eigenvalue weighted by atomic mass is 9.75. The van der Waals surface area contributed by atoms with E-state index < -0.39 is 59.2 Å². The van der Waals surface area contributed by atoms with Gasteiger partial charge in [0.05, 0.1) is 19.1 Å². The summed E-state index contributed by atoms with van der Waals surface area (Å²) in [7, 11) is 1.02. The van der Waals surface area contributed by atoms with Gasteiger partial charge in [-0.25, -0.2) is 9.59 Å². The second-order valence-corrected chi connectivity index (χ2v) is 5.22. The van der Waals surface area contributed by atoms with Gasteiger partial charge in [-0.2, -0.15) is 4.79 Å². The van der Waals surface area contributed by atoms with Crippen LogP contribution < -0.4 is 10.6 Å². The van der Waals surface area contributed by atoms with E-state index in [4.69, 9.17) is 10.6 Å². The minimum Gasteiger partial charge on any atom is -0.472 e. The Morgan fingerprint density at radius 2 is 1.92 bits per heavy atom. The van der Waals surface area contributed by atoms with Crippen molar-refractivity contribution in [3.63, 3.8) is 0 Å². The van der Waals surface area contributed by atoms with Gasteiger partial charge >= 0.3 is 23.6 Å². The summed E-state index contributed by atoms with van der Waals surface area (Å²) >= 11 is 0. The van der Waals surface area contributed by atoms with Gasteiger partial charge in [0.2, 0.25) is 5.91 Å². The lowest BCUT2D eigenvalue weighted by molar-refractivity contribution is -0.154. The molecule has 0 radical (unpaired) electrons. The summed E-state index contributed by atoms with van der Waals surface area (Å²) in [5, 5.41) is 13.5. The Balaban J connectivity index is 2.86. The van der Waals surface area contributed by atoms with Crippen molar-refractivity contribution < 1.29 is 38.6 Å². The number of carboxylic acid groups (broad SMARTS) is 1. The van der Waals surface area contributed by atoms with Crippen molar-refractivity contribution in [2.75, 3.05) is 7.11 Å². The van der Waals surface area contributed by atoms with E-state index in [-0.39, 0.29) is 0 Å². The van der Waals surface area contributed by atoms with Gasteiger partial charge in [-0.3, -0.25) is 14.4 Å². The standard InChI is InChI=1S/C13H16N4O7/c1-4(9(18)8(17-14)12(21)22)7-6(10(19)16-7)5(2)15-11(20)13(23)24-3/h4-7H,1-3H3,(H,15,20)(H,16,19)(H,21,22)/t4?,5?,6-,7-/m1/s1. The molecule has 1 fully saturated rings. The van der Waals surface area contributed by atoms with E-state index in [0.717, 1.165) is 7.11 Å². The van der Waals surface area contributed by atoms with E-state index in [1.165, 1.54) is 13.8 Å². The van der Waals surface area contributed by atoms with Crippen LogP contribution in [0.15, 0.2) is 0 Å². The number of nitrogens with zero attached hydrogens (tertiary/aromatic N) is 2. The third-order valence-electron chi connectivity index (χ3n) is 3.76. The molecule has 0 aromatic rings. The van der Waals surface area contributed by atoms with Crippen molar-refractivity contribution in [1.82, 2.24) is 10.6 Å². The first-order valence-electron chi connectivity index (χ1n) is 6.84. The Morgan fingerprint density at radius 1 is 1.33 bits per heavy atom. The second kappa shape index (κ2) is 7.47. The number of ether oxygens (including phenoxy) is 1. The Bertz CT molecular complexity index is 653. The van der Waals surface area contributed by atoms with E-state index in [1.54, 1.807) is 0 Å². The highest BCUT2D eigenvalue weighted by Gasteiger charge is 2.50. The van der Waals surface area contributed by atoms with Gasteiger partial charge in [-0.15, -0.1) is 0 Å². The molecule has 3 N–H and O–H groups in total. The lowest BCUT2D eigenvalue weighted by Crippen LogP contribution is -2.68. The first-order valence-corrected chi connectivity index (χ1v) is 6.84. The largest absolute Gasteiger partial charge is 0.472 e. The van der Waals surface area contributed by atoms with Crippen LogP contribution >= 0.6 is 0 Å². The Morgan fingerprint density at radius 3 is 2.33 bits per heavy atom. The first kappa shape index (κ1) is 19.0. The van der Waals surface area contributed by atoms with Crippen LogP contribution in [0.5, 0.6) is 0 Å². The first-order chi connectivity index (χ1) is 11.1. The summed E-state index contributed by atoms with van der Waals surface area (Å²) in [5.74, 6) is -7.24. The lowest BCUT2D eigenvalue weighted by Gasteiger charge is -2.42. The molecule has 11 nitrogen and oxygen atoms in total. The average Bonchev–Trinajstić information content (AvgIpc) is 2.50. The number of Topliss-reactive ketones (excluding diaryl/α,β-unsaturated/α-hetero) is 1. The highest BCUT2D eigenvalue weighted by atomic mass is 16.5. The fourth-order valence-electron chi connectivity index (χ4n) is 2.42. The summed E-state index contributed by atoms with van der Waals surface area (Å²) in [6.07, 6.45) is 0. The molecule has 1 aliphatic heterocycles. The van der Waals surface area contributed by atoms with Gasteiger partial charge < -0.3 is 26.0 Å². The van der Waals surface area contributed by atoms with E-state index in [0.29, 0.717) is 0 Å². The van der Waals surface area contributed by atoms with Gasteiger partial charge in [-0.05, 0) is 6.92 Å². The fourth-order valence-corrected chi connectivity index (χ4v) is 2.42. The number of carbonyl (C=O) groups excluding carboxylic acids is 4. The minimum atomic E-state index is -1.71. The highest BCUT2D eigenvalue weighted by Crippen LogP contribution is 2.26. The van der Waals surface area contributed by atoms with Crippen LogP contribution in [0.25, 0.3) is 5.53 Å². The number of hydrogen-bond acceptors (Lipinski definition) is 6. The van der Waals surface area contributed by atoms with Crippen molar-refractivity contribution in [2.24, 2.45) is 11.8 Å².